The van der Waals surface area contributed by atoms with E-state index in [-0.39, 0.29) is 35.4 Å². The molecule has 0 bridgehead atoms. The summed E-state index contributed by atoms with van der Waals surface area (Å²) in [5.41, 5.74) is -0.903. The number of ether oxygens (including phenoxy) is 1. The summed E-state index contributed by atoms with van der Waals surface area (Å²) in [6.45, 7) is 0. The van der Waals surface area contributed by atoms with Gasteiger partial charge in [0.1, 0.15) is 0 Å². The van der Waals surface area contributed by atoms with E-state index in [1.54, 1.807) is 0 Å². The van der Waals surface area contributed by atoms with Crippen LogP contribution < -0.4 is 10.2 Å². The Labute approximate surface area is 134 Å². The van der Waals surface area contributed by atoms with Crippen LogP contribution in [0.5, 0.6) is 5.75 Å². The molecule has 0 aromatic heterocycles. The van der Waals surface area contributed by atoms with Gasteiger partial charge in [0.2, 0.25) is 17.2 Å². The summed E-state index contributed by atoms with van der Waals surface area (Å²) in [5, 5.41) is 22.4. The lowest BCUT2D eigenvalue weighted by molar-refractivity contribution is -0.566. The molecule has 1 aliphatic carbocycles. The number of aromatic nitrogens is 1. The fourth-order valence-corrected chi connectivity index (χ4v) is 2.42. The van der Waals surface area contributed by atoms with Crippen molar-refractivity contribution < 1.29 is 28.2 Å². The molecule has 0 fully saturated rings. The molecule has 8 heteroatoms. The number of esters is 1. The third kappa shape index (κ3) is 2.51. The van der Waals surface area contributed by atoms with Gasteiger partial charge in [-0.25, -0.2) is 0 Å². The number of carbonyl (C=O) groups is 1. The Hall–Kier alpha value is -3.16. The van der Waals surface area contributed by atoms with Crippen LogP contribution in [0.15, 0.2) is 33.5 Å². The Kier molecular flexibility index (Phi) is 3.80. The number of nitrogens with zero attached hydrogens (tertiary/aromatic N) is 1. The highest BCUT2D eigenvalue weighted by atomic mass is 19.1. The molecule has 1 aliphatic heterocycles. The Bertz CT molecular complexity index is 981. The van der Waals surface area contributed by atoms with E-state index in [2.05, 4.69) is 4.74 Å². The smallest absolute Gasteiger partial charge is 0.305 e. The lowest BCUT2D eigenvalue weighted by Crippen LogP contribution is -2.31. The van der Waals surface area contributed by atoms with Gasteiger partial charge in [0.25, 0.3) is 11.2 Å². The number of hydrogen-bond donors (Lipinski definition) is 1. The third-order valence-electron chi connectivity index (χ3n) is 3.66. The molecule has 0 unspecified atom stereocenters. The largest absolute Gasteiger partial charge is 0.618 e. The van der Waals surface area contributed by atoms with Crippen LogP contribution >= 0.6 is 0 Å². The number of carbonyl (C=O) groups excluding carboxylic acids is 1. The van der Waals surface area contributed by atoms with E-state index >= 15 is 0 Å². The van der Waals surface area contributed by atoms with E-state index in [4.69, 9.17) is 4.42 Å². The monoisotopic (exact) mass is 333 g/mol. The molecule has 1 aromatic rings. The van der Waals surface area contributed by atoms with Crippen LogP contribution in [0.4, 0.5) is 4.39 Å². The number of fused-ring (bicyclic) bond motifs is 2. The van der Waals surface area contributed by atoms with Crippen LogP contribution in [-0.2, 0) is 16.0 Å². The van der Waals surface area contributed by atoms with Crippen molar-refractivity contribution >= 4 is 17.1 Å². The number of halogens is 1. The van der Waals surface area contributed by atoms with E-state index in [0.29, 0.717) is 4.73 Å². The molecule has 2 aliphatic rings. The zero-order valence-electron chi connectivity index (χ0n) is 12.5. The quantitative estimate of drug-likeness (QED) is 0.337. The fraction of sp³-hybridized carbons (Fsp3) is 0.188. The average Bonchev–Trinajstić information content (AvgIpc) is 2.57. The highest BCUT2D eigenvalue weighted by Gasteiger charge is 2.25. The minimum Gasteiger partial charge on any atom is -0.618 e. The van der Waals surface area contributed by atoms with E-state index in [9.17, 15) is 24.3 Å². The second-order valence-corrected chi connectivity index (χ2v) is 5.15. The highest BCUT2D eigenvalue weighted by molar-refractivity contribution is 5.76. The molecule has 124 valence electrons. The minimum absolute atomic E-state index is 0.0110. The van der Waals surface area contributed by atoms with Gasteiger partial charge in [0.05, 0.1) is 7.11 Å². The summed E-state index contributed by atoms with van der Waals surface area (Å²) in [6, 6.07) is 4.77. The van der Waals surface area contributed by atoms with E-state index in [1.165, 1.54) is 25.3 Å². The predicted octanol–water partition coefficient (Wildman–Crippen LogP) is 1.48. The molecule has 0 radical (unpaired) electrons. The second-order valence-electron chi connectivity index (χ2n) is 5.15. The predicted molar refractivity (Wildman–Crippen MR) is 80.0 cm³/mol. The maximum Gasteiger partial charge on any atom is 0.305 e. The van der Waals surface area contributed by atoms with Crippen molar-refractivity contribution in [3.05, 3.63) is 51.1 Å². The molecule has 1 heterocycles. The van der Waals surface area contributed by atoms with Crippen LogP contribution in [0.1, 0.15) is 12.0 Å². The van der Waals surface area contributed by atoms with Crippen molar-refractivity contribution in [2.24, 2.45) is 0 Å². The zero-order chi connectivity index (χ0) is 17.4. The summed E-state index contributed by atoms with van der Waals surface area (Å²) in [6.07, 6.45) is -0.0962. The van der Waals surface area contributed by atoms with Crippen molar-refractivity contribution in [2.45, 2.75) is 12.8 Å². The van der Waals surface area contributed by atoms with Gasteiger partial charge in [-0.05, 0) is 12.5 Å². The van der Waals surface area contributed by atoms with Crippen molar-refractivity contribution in [1.29, 1.82) is 0 Å². The number of hydrogen-bond acceptors (Lipinski definition) is 6. The Morgan fingerprint density at radius 1 is 1.42 bits per heavy atom. The molecule has 0 saturated carbocycles. The Morgan fingerprint density at radius 3 is 2.88 bits per heavy atom. The fourth-order valence-electron chi connectivity index (χ4n) is 2.42. The molecular formula is C16H12FNO6. The number of aromatic hydroxyl groups is 1. The third-order valence-corrected chi connectivity index (χ3v) is 3.66. The molecule has 1 aromatic carbocycles. The number of methoxy groups -OCH3 is 1. The number of benzene rings is 2. The molecule has 24 heavy (non-hydrogen) atoms. The molecule has 0 atom stereocenters. The van der Waals surface area contributed by atoms with Crippen molar-refractivity contribution in [2.75, 3.05) is 7.11 Å². The summed E-state index contributed by atoms with van der Waals surface area (Å²) in [4.78, 5) is 22.6. The first-order valence-corrected chi connectivity index (χ1v) is 6.99. The van der Waals surface area contributed by atoms with Crippen LogP contribution in [0.25, 0.3) is 22.6 Å². The normalized spacial score (nSPS) is 11.1. The number of rotatable bonds is 3. The highest BCUT2D eigenvalue weighted by Crippen LogP contribution is 2.32. The van der Waals surface area contributed by atoms with Crippen LogP contribution in [0.2, 0.25) is 0 Å². The van der Waals surface area contributed by atoms with Gasteiger partial charge in [-0.3, -0.25) is 9.59 Å². The van der Waals surface area contributed by atoms with Gasteiger partial charge >= 0.3 is 5.97 Å². The van der Waals surface area contributed by atoms with Gasteiger partial charge in [-0.1, -0.05) is 0 Å². The van der Waals surface area contributed by atoms with Gasteiger partial charge < -0.3 is 19.5 Å². The summed E-state index contributed by atoms with van der Waals surface area (Å²) >= 11 is 0. The molecule has 3 rings (SSSR count). The average molecular weight is 333 g/mol. The molecule has 0 amide bonds. The molecule has 0 spiro atoms. The van der Waals surface area contributed by atoms with Crippen molar-refractivity contribution in [3.8, 4) is 17.2 Å². The van der Waals surface area contributed by atoms with Gasteiger partial charge in [0.15, 0.2) is 11.2 Å². The first-order chi connectivity index (χ1) is 11.4. The van der Waals surface area contributed by atoms with E-state index < -0.39 is 28.5 Å². The van der Waals surface area contributed by atoms with Crippen LogP contribution in [-0.4, -0.2) is 18.2 Å². The maximum atomic E-state index is 14.4. The lowest BCUT2D eigenvalue weighted by atomic mass is 10.1. The lowest BCUT2D eigenvalue weighted by Gasteiger charge is -2.12. The zero-order valence-corrected chi connectivity index (χ0v) is 12.5. The Morgan fingerprint density at radius 2 is 2.17 bits per heavy atom. The van der Waals surface area contributed by atoms with Crippen molar-refractivity contribution in [1.82, 2.24) is 0 Å². The topological polar surface area (TPSA) is 104 Å². The number of phenolic OH excluding ortho intramolecular Hbond substituents is 1. The first-order valence-electron chi connectivity index (χ1n) is 6.99. The van der Waals surface area contributed by atoms with E-state index in [1.807, 2.05) is 0 Å². The number of aryl methyl sites for hydroxylation is 1. The van der Waals surface area contributed by atoms with Crippen LogP contribution in [0.3, 0.4) is 0 Å². The summed E-state index contributed by atoms with van der Waals surface area (Å²) < 4.78 is 24.6. The van der Waals surface area contributed by atoms with Crippen molar-refractivity contribution in [3.63, 3.8) is 0 Å². The molecule has 1 N–H and O–H groups in total. The molecular weight excluding hydrogens is 321 g/mol. The summed E-state index contributed by atoms with van der Waals surface area (Å²) in [7, 11) is 1.21. The van der Waals surface area contributed by atoms with Gasteiger partial charge in [0, 0.05) is 30.2 Å². The Balaban J connectivity index is 2.23. The minimum atomic E-state index is -1.13. The number of phenols is 1. The maximum absolute atomic E-state index is 14.4. The standard InChI is InChI=1S/C16H12FNO6/c1-23-13(20)5-2-8-6-11-16(14(17)15(8)21)24-12-7-9(19)3-4-10(12)18(11)22/h3-4,6-7,21H,2,5H2,1H3. The SMILES string of the molecule is COC(=O)CCc1cc2c(oc3cc(=O)ccc-3[n+]2[O-])c(F)c1O. The first kappa shape index (κ1) is 15.7. The second kappa shape index (κ2) is 5.80. The van der Waals surface area contributed by atoms with Crippen LogP contribution in [0, 0.1) is 11.0 Å². The molecule has 7 nitrogen and oxygen atoms in total. The van der Waals surface area contributed by atoms with Gasteiger partial charge in [-0.2, -0.15) is 9.12 Å². The van der Waals surface area contributed by atoms with E-state index in [0.717, 1.165) is 6.07 Å². The summed E-state index contributed by atoms with van der Waals surface area (Å²) in [5.74, 6) is -2.47. The van der Waals surface area contributed by atoms with Gasteiger partial charge in [-0.15, -0.1) is 0 Å². The molecule has 0 saturated heterocycles.